The molecule has 1 atom stereocenters. The van der Waals surface area contributed by atoms with Gasteiger partial charge in [-0.1, -0.05) is 38.1 Å². The molecule has 9 heteroatoms. The minimum absolute atomic E-state index is 0.142. The second-order valence-electron chi connectivity index (χ2n) is 13.1. The minimum atomic E-state index is -1.29. The van der Waals surface area contributed by atoms with Gasteiger partial charge in [0.15, 0.2) is 6.10 Å². The van der Waals surface area contributed by atoms with E-state index in [0.717, 1.165) is 18.4 Å². The summed E-state index contributed by atoms with van der Waals surface area (Å²) in [5.74, 6) is -1.12. The number of hydrogen-bond donors (Lipinski definition) is 2. The fourth-order valence-electron chi connectivity index (χ4n) is 5.48. The Morgan fingerprint density at radius 3 is 2.23 bits per heavy atom. The number of carbonyl (C=O) groups excluding carboxylic acids is 1. The molecule has 0 spiro atoms. The molecule has 8 nitrogen and oxygen atoms in total. The molecular weight excluding hydrogens is 561 g/mol. The second kappa shape index (κ2) is 13.3. The maximum absolute atomic E-state index is 13.3. The number of benzene rings is 2. The minimum Gasteiger partial charge on any atom is -0.493 e. The molecule has 1 amide bonds. The summed E-state index contributed by atoms with van der Waals surface area (Å²) in [6.45, 7) is 13.5. The van der Waals surface area contributed by atoms with Gasteiger partial charge < -0.3 is 24.8 Å². The highest BCUT2D eigenvalue weighted by Gasteiger charge is 2.37. The smallest absolute Gasteiger partial charge is 0.337 e. The van der Waals surface area contributed by atoms with Crippen molar-refractivity contribution in [1.82, 2.24) is 10.3 Å². The summed E-state index contributed by atoms with van der Waals surface area (Å²) < 4.78 is 25.4. The Morgan fingerprint density at radius 2 is 1.68 bits per heavy atom. The molecule has 4 rings (SSSR count). The lowest BCUT2D eigenvalue weighted by molar-refractivity contribution is -0.160. The zero-order valence-electron chi connectivity index (χ0n) is 26.8. The van der Waals surface area contributed by atoms with Crippen molar-refractivity contribution in [3.63, 3.8) is 0 Å². The van der Waals surface area contributed by atoms with Crippen molar-refractivity contribution in [2.45, 2.75) is 72.5 Å². The van der Waals surface area contributed by atoms with Crippen LogP contribution in [0.2, 0.25) is 0 Å². The van der Waals surface area contributed by atoms with E-state index in [9.17, 15) is 19.1 Å². The lowest BCUT2D eigenvalue weighted by Crippen LogP contribution is -2.40. The first-order valence-corrected chi connectivity index (χ1v) is 15.1. The van der Waals surface area contributed by atoms with E-state index in [1.807, 2.05) is 45.0 Å². The third-order valence-corrected chi connectivity index (χ3v) is 7.95. The van der Waals surface area contributed by atoms with Crippen molar-refractivity contribution in [3.8, 4) is 16.9 Å². The van der Waals surface area contributed by atoms with Crippen LogP contribution in [0.15, 0.2) is 48.5 Å². The van der Waals surface area contributed by atoms with Gasteiger partial charge in [0.2, 0.25) is 0 Å². The van der Waals surface area contributed by atoms with Gasteiger partial charge in [0.1, 0.15) is 17.3 Å². The third kappa shape index (κ3) is 7.94. The molecule has 0 aliphatic carbocycles. The summed E-state index contributed by atoms with van der Waals surface area (Å²) in [6.07, 6.45) is 1.13. The topological polar surface area (TPSA) is 101 Å². The molecule has 0 bridgehead atoms. The lowest BCUT2D eigenvalue weighted by atomic mass is 9.81. The average Bonchev–Trinajstić information content (AvgIpc) is 2.96. The first kappa shape index (κ1) is 32.9. The van der Waals surface area contributed by atoms with Crippen LogP contribution in [0.25, 0.3) is 11.1 Å². The molecule has 1 saturated heterocycles. The summed E-state index contributed by atoms with van der Waals surface area (Å²) in [7, 11) is 1.56. The molecule has 2 heterocycles. The Balaban J connectivity index is 1.82. The van der Waals surface area contributed by atoms with E-state index in [4.69, 9.17) is 14.5 Å². The van der Waals surface area contributed by atoms with Crippen molar-refractivity contribution in [1.29, 1.82) is 0 Å². The number of nitrogens with zero attached hydrogens (tertiary/aromatic N) is 2. The highest BCUT2D eigenvalue weighted by atomic mass is 19.1. The summed E-state index contributed by atoms with van der Waals surface area (Å²) in [5, 5.41) is 13.1. The maximum atomic E-state index is 13.3. The molecule has 0 saturated carbocycles. The van der Waals surface area contributed by atoms with Gasteiger partial charge in [-0.05, 0) is 81.3 Å². The number of carboxylic acid groups (broad SMARTS) is 1. The molecule has 3 aromatic rings. The van der Waals surface area contributed by atoms with Crippen molar-refractivity contribution in [2.24, 2.45) is 5.41 Å². The van der Waals surface area contributed by atoms with Crippen molar-refractivity contribution in [2.75, 3.05) is 31.6 Å². The molecular formula is C35H44FN3O5. The normalized spacial score (nSPS) is 15.5. The van der Waals surface area contributed by atoms with Crippen LogP contribution in [-0.4, -0.2) is 54.3 Å². The Kier molecular flexibility index (Phi) is 9.98. The van der Waals surface area contributed by atoms with Crippen LogP contribution in [-0.2, 0) is 16.0 Å². The first-order chi connectivity index (χ1) is 20.7. The molecule has 1 aliphatic rings. The van der Waals surface area contributed by atoms with E-state index >= 15 is 0 Å². The van der Waals surface area contributed by atoms with E-state index in [2.05, 4.69) is 24.1 Å². The maximum Gasteiger partial charge on any atom is 0.337 e. The Morgan fingerprint density at radius 1 is 1.07 bits per heavy atom. The summed E-state index contributed by atoms with van der Waals surface area (Å²) in [4.78, 5) is 33.0. The largest absolute Gasteiger partial charge is 0.493 e. The molecule has 1 unspecified atom stereocenters. The Labute approximate surface area is 259 Å². The van der Waals surface area contributed by atoms with Crippen molar-refractivity contribution < 1.29 is 28.6 Å². The zero-order chi connectivity index (χ0) is 32.2. The van der Waals surface area contributed by atoms with Crippen LogP contribution in [0.3, 0.4) is 0 Å². The number of ether oxygens (including phenoxy) is 2. The van der Waals surface area contributed by atoms with Crippen molar-refractivity contribution in [3.05, 3.63) is 76.9 Å². The van der Waals surface area contributed by atoms with Crippen LogP contribution < -0.4 is 15.0 Å². The monoisotopic (exact) mass is 605 g/mol. The number of aryl methyl sites for hydroxylation is 1. The second-order valence-corrected chi connectivity index (χ2v) is 13.1. The van der Waals surface area contributed by atoms with Gasteiger partial charge in [-0.25, -0.2) is 14.2 Å². The predicted molar refractivity (Wildman–Crippen MR) is 170 cm³/mol. The molecule has 1 fully saturated rings. The summed E-state index contributed by atoms with van der Waals surface area (Å²) in [5.41, 5.74) is 3.41. The Bertz CT molecular complexity index is 1470. The molecule has 236 valence electrons. The fraction of sp³-hybridized carbons (Fsp3) is 0.457. The van der Waals surface area contributed by atoms with Crippen LogP contribution >= 0.6 is 0 Å². The van der Waals surface area contributed by atoms with E-state index in [1.165, 1.54) is 12.1 Å². The number of aromatic nitrogens is 1. The number of aliphatic carboxylic acids is 1. The molecule has 2 N–H and O–H groups in total. The van der Waals surface area contributed by atoms with E-state index in [1.54, 1.807) is 26.1 Å². The van der Waals surface area contributed by atoms with Gasteiger partial charge in [0, 0.05) is 43.4 Å². The zero-order valence-corrected chi connectivity index (χ0v) is 26.8. The standard InChI is InChI=1S/C35H44FN3O5/c1-22-27(31(33(41)42)44-34(2,3)4)30(39-19-17-35(5,6)18-20-39)28(29(38-22)32(40)37-7)24-10-14-26(15-11-24)43-21-16-23-8-12-25(36)13-9-23/h8-15,31H,16-21H2,1-7H3,(H,37,40)(H,41,42). The molecule has 44 heavy (non-hydrogen) atoms. The highest BCUT2D eigenvalue weighted by Crippen LogP contribution is 2.45. The number of carbonyl (C=O) groups is 2. The third-order valence-electron chi connectivity index (χ3n) is 7.95. The molecule has 1 aromatic heterocycles. The number of nitrogens with one attached hydrogen (secondary N) is 1. The lowest BCUT2D eigenvalue weighted by Gasteiger charge is -2.41. The number of pyridine rings is 1. The van der Waals surface area contributed by atoms with Gasteiger partial charge in [-0.2, -0.15) is 0 Å². The van der Waals surface area contributed by atoms with E-state index < -0.39 is 17.7 Å². The van der Waals surface area contributed by atoms with Gasteiger partial charge in [0.25, 0.3) is 5.91 Å². The predicted octanol–water partition coefficient (Wildman–Crippen LogP) is 6.74. The number of hydrogen-bond acceptors (Lipinski definition) is 6. The highest BCUT2D eigenvalue weighted by molar-refractivity contribution is 6.03. The average molecular weight is 606 g/mol. The van der Waals surface area contributed by atoms with Gasteiger partial charge >= 0.3 is 5.97 Å². The molecule has 0 radical (unpaired) electrons. The van der Waals surface area contributed by atoms with Crippen LogP contribution in [0.1, 0.15) is 80.9 Å². The van der Waals surface area contributed by atoms with E-state index in [0.29, 0.717) is 59.9 Å². The van der Waals surface area contributed by atoms with Crippen LogP contribution in [0.4, 0.5) is 10.1 Å². The first-order valence-electron chi connectivity index (χ1n) is 15.1. The van der Waals surface area contributed by atoms with Gasteiger partial charge in [-0.15, -0.1) is 0 Å². The number of anilines is 1. The van der Waals surface area contributed by atoms with Gasteiger partial charge in [-0.3, -0.25) is 4.79 Å². The number of rotatable bonds is 10. The molecule has 1 aliphatic heterocycles. The SMILES string of the molecule is CNC(=O)c1nc(C)c(C(OC(C)(C)C)C(=O)O)c(N2CCC(C)(C)CC2)c1-c1ccc(OCCc2ccc(F)cc2)cc1. The number of halogens is 1. The van der Waals surface area contributed by atoms with Crippen LogP contribution in [0.5, 0.6) is 5.75 Å². The number of carboxylic acids is 1. The van der Waals surface area contributed by atoms with Crippen molar-refractivity contribution >= 4 is 17.6 Å². The van der Waals surface area contributed by atoms with Crippen LogP contribution in [0, 0.1) is 18.2 Å². The number of piperidine rings is 1. The molecule has 2 aromatic carbocycles. The van der Waals surface area contributed by atoms with Gasteiger partial charge in [0.05, 0.1) is 17.9 Å². The number of amides is 1. The summed E-state index contributed by atoms with van der Waals surface area (Å²) >= 11 is 0. The summed E-state index contributed by atoms with van der Waals surface area (Å²) in [6, 6.07) is 13.7. The Hall–Kier alpha value is -3.98. The van der Waals surface area contributed by atoms with E-state index in [-0.39, 0.29) is 22.8 Å². The fourth-order valence-corrected chi connectivity index (χ4v) is 5.48. The quantitative estimate of drug-likeness (QED) is 0.264.